The van der Waals surface area contributed by atoms with Gasteiger partial charge in [0.1, 0.15) is 5.82 Å². The summed E-state index contributed by atoms with van der Waals surface area (Å²) < 4.78 is 20.3. The summed E-state index contributed by atoms with van der Waals surface area (Å²) >= 11 is 2.24. The van der Waals surface area contributed by atoms with Crippen LogP contribution < -0.4 is 5.32 Å². The molecule has 20 heavy (non-hydrogen) atoms. The van der Waals surface area contributed by atoms with Crippen LogP contribution >= 0.6 is 22.6 Å². The summed E-state index contributed by atoms with van der Waals surface area (Å²) in [5.41, 5.74) is 1.37. The van der Waals surface area contributed by atoms with Gasteiger partial charge in [-0.15, -0.1) is 0 Å². The maximum Gasteiger partial charge on any atom is 0.124 e. The van der Waals surface area contributed by atoms with Crippen LogP contribution in [-0.4, -0.2) is 19.3 Å². The second kappa shape index (κ2) is 5.89. The zero-order chi connectivity index (χ0) is 14.2. The van der Waals surface area contributed by atoms with Crippen LogP contribution in [0.25, 0.3) is 0 Å². The van der Waals surface area contributed by atoms with Gasteiger partial charge in [0.25, 0.3) is 0 Å². The molecule has 1 aliphatic heterocycles. The van der Waals surface area contributed by atoms with Crippen molar-refractivity contribution in [1.29, 1.82) is 0 Å². The van der Waals surface area contributed by atoms with Gasteiger partial charge >= 0.3 is 0 Å². The fraction of sp³-hybridized carbons (Fsp3) is 0.625. The average Bonchev–Trinajstić information content (AvgIpc) is 2.40. The Morgan fingerprint density at radius 3 is 2.85 bits per heavy atom. The molecule has 1 saturated heterocycles. The van der Waals surface area contributed by atoms with Crippen LogP contribution in [-0.2, 0) is 4.74 Å². The van der Waals surface area contributed by atoms with Crippen LogP contribution in [0, 0.1) is 15.3 Å². The molecule has 4 heteroatoms. The lowest BCUT2D eigenvalue weighted by Gasteiger charge is -2.49. The van der Waals surface area contributed by atoms with Crippen LogP contribution in [0.1, 0.15) is 43.7 Å². The molecular formula is C16H21FINO. The topological polar surface area (TPSA) is 21.3 Å². The van der Waals surface area contributed by atoms with Crippen LogP contribution in [0.3, 0.4) is 0 Å². The van der Waals surface area contributed by atoms with E-state index in [1.54, 1.807) is 12.1 Å². The zero-order valence-corrected chi connectivity index (χ0v) is 14.0. The summed E-state index contributed by atoms with van der Waals surface area (Å²) in [5, 5.41) is 3.45. The Morgan fingerprint density at radius 1 is 1.45 bits per heavy atom. The number of ether oxygens (including phenoxy) is 1. The van der Waals surface area contributed by atoms with E-state index in [4.69, 9.17) is 4.74 Å². The van der Waals surface area contributed by atoms with E-state index in [1.165, 1.54) is 24.8 Å². The Bertz CT molecular complexity index is 489. The molecule has 1 aromatic carbocycles. The summed E-state index contributed by atoms with van der Waals surface area (Å²) in [5.74, 6) is 0.420. The van der Waals surface area contributed by atoms with Crippen LogP contribution in [0.5, 0.6) is 0 Å². The number of benzene rings is 1. The van der Waals surface area contributed by atoms with Crippen LogP contribution in [0.2, 0.25) is 0 Å². The van der Waals surface area contributed by atoms with E-state index in [0.29, 0.717) is 12.0 Å². The highest BCUT2D eigenvalue weighted by molar-refractivity contribution is 14.1. The standard InChI is InChI=1S/C16H21FINO/c1-19-15(13-4-3-12(17)9-14(13)18)11-5-8-20-16(10-11)6-2-7-16/h3-4,9,11,15,19H,2,5-8,10H2,1H3. The van der Waals surface area contributed by atoms with Crippen LogP contribution in [0.15, 0.2) is 18.2 Å². The predicted molar refractivity (Wildman–Crippen MR) is 86.2 cm³/mol. The minimum absolute atomic E-state index is 0.156. The first kappa shape index (κ1) is 14.7. The third-order valence-electron chi connectivity index (χ3n) is 4.88. The van der Waals surface area contributed by atoms with E-state index < -0.39 is 0 Å². The maximum absolute atomic E-state index is 13.3. The highest BCUT2D eigenvalue weighted by atomic mass is 127. The molecule has 0 bridgehead atoms. The quantitative estimate of drug-likeness (QED) is 0.788. The molecule has 0 radical (unpaired) electrons. The second-order valence-corrected chi connectivity index (χ2v) is 7.23. The minimum Gasteiger partial charge on any atom is -0.375 e. The molecule has 1 spiro atoms. The first-order valence-corrected chi connectivity index (χ1v) is 8.48. The summed E-state index contributed by atoms with van der Waals surface area (Å²) in [4.78, 5) is 0. The Balaban J connectivity index is 1.81. The normalized spacial score (nSPS) is 26.2. The molecule has 2 atom stereocenters. The molecule has 1 aromatic rings. The Morgan fingerprint density at radius 2 is 2.25 bits per heavy atom. The summed E-state index contributed by atoms with van der Waals surface area (Å²) in [7, 11) is 2.01. The van der Waals surface area contributed by atoms with E-state index in [2.05, 4.69) is 27.9 Å². The Hall–Kier alpha value is -0.200. The van der Waals surface area contributed by atoms with Gasteiger partial charge in [0.2, 0.25) is 0 Å². The highest BCUT2D eigenvalue weighted by Gasteiger charge is 2.44. The molecule has 1 aliphatic carbocycles. The predicted octanol–water partition coefficient (Wildman–Crippen LogP) is 4.04. The van der Waals surface area contributed by atoms with Crippen molar-refractivity contribution in [2.24, 2.45) is 5.92 Å². The van der Waals surface area contributed by atoms with E-state index in [-0.39, 0.29) is 11.4 Å². The van der Waals surface area contributed by atoms with Crippen molar-refractivity contribution >= 4 is 22.6 Å². The van der Waals surface area contributed by atoms with Gasteiger partial charge in [-0.3, -0.25) is 0 Å². The van der Waals surface area contributed by atoms with Gasteiger partial charge in [-0.1, -0.05) is 6.07 Å². The molecule has 110 valence electrons. The van der Waals surface area contributed by atoms with Crippen molar-refractivity contribution in [3.8, 4) is 0 Å². The Kier molecular flexibility index (Phi) is 4.34. The lowest BCUT2D eigenvalue weighted by molar-refractivity contribution is -0.147. The zero-order valence-electron chi connectivity index (χ0n) is 11.8. The molecule has 2 aliphatic rings. The molecule has 1 N–H and O–H groups in total. The number of rotatable bonds is 3. The number of halogens is 2. The first-order valence-electron chi connectivity index (χ1n) is 7.40. The van der Waals surface area contributed by atoms with E-state index in [9.17, 15) is 4.39 Å². The first-order chi connectivity index (χ1) is 9.63. The molecule has 2 fully saturated rings. The smallest absolute Gasteiger partial charge is 0.124 e. The van der Waals surface area contributed by atoms with Gasteiger partial charge in [-0.25, -0.2) is 4.39 Å². The number of nitrogens with one attached hydrogen (secondary N) is 1. The SMILES string of the molecule is CNC(c1ccc(F)cc1I)C1CCOC2(CCC2)C1. The molecule has 2 nitrogen and oxygen atoms in total. The van der Waals surface area contributed by atoms with Crippen molar-refractivity contribution in [1.82, 2.24) is 5.32 Å². The number of hydrogen-bond acceptors (Lipinski definition) is 2. The summed E-state index contributed by atoms with van der Waals surface area (Å²) in [6.45, 7) is 0.862. The average molecular weight is 389 g/mol. The van der Waals surface area contributed by atoms with Gasteiger partial charge < -0.3 is 10.1 Å². The highest BCUT2D eigenvalue weighted by Crippen LogP contribution is 2.47. The van der Waals surface area contributed by atoms with Crippen molar-refractivity contribution < 1.29 is 9.13 Å². The van der Waals surface area contributed by atoms with Crippen molar-refractivity contribution in [2.75, 3.05) is 13.7 Å². The maximum atomic E-state index is 13.3. The molecule has 2 unspecified atom stereocenters. The van der Waals surface area contributed by atoms with Crippen LogP contribution in [0.4, 0.5) is 4.39 Å². The summed E-state index contributed by atoms with van der Waals surface area (Å²) in [6, 6.07) is 5.42. The molecule has 3 rings (SSSR count). The molecule has 1 heterocycles. The minimum atomic E-state index is -0.157. The molecule has 0 aromatic heterocycles. The van der Waals surface area contributed by atoms with E-state index in [1.807, 2.05) is 13.1 Å². The fourth-order valence-electron chi connectivity index (χ4n) is 3.67. The van der Waals surface area contributed by atoms with Gasteiger partial charge in [0, 0.05) is 16.2 Å². The second-order valence-electron chi connectivity index (χ2n) is 6.07. The Labute approximate surface area is 133 Å². The summed E-state index contributed by atoms with van der Waals surface area (Å²) in [6.07, 6.45) is 5.93. The van der Waals surface area contributed by atoms with Crippen molar-refractivity contribution in [3.63, 3.8) is 0 Å². The molecular weight excluding hydrogens is 368 g/mol. The largest absolute Gasteiger partial charge is 0.375 e. The van der Waals surface area contributed by atoms with Crippen molar-refractivity contribution in [2.45, 2.75) is 43.7 Å². The molecule has 1 saturated carbocycles. The third kappa shape index (κ3) is 2.74. The lowest BCUT2D eigenvalue weighted by atomic mass is 9.69. The lowest BCUT2D eigenvalue weighted by Crippen LogP contribution is -2.47. The van der Waals surface area contributed by atoms with Gasteiger partial charge in [-0.2, -0.15) is 0 Å². The van der Waals surface area contributed by atoms with E-state index >= 15 is 0 Å². The molecule has 0 amide bonds. The third-order valence-corrected chi connectivity index (χ3v) is 5.81. The van der Waals surface area contributed by atoms with Gasteiger partial charge in [0.15, 0.2) is 0 Å². The monoisotopic (exact) mass is 389 g/mol. The van der Waals surface area contributed by atoms with Crippen molar-refractivity contribution in [3.05, 3.63) is 33.1 Å². The van der Waals surface area contributed by atoms with Gasteiger partial charge in [-0.05, 0) is 85.4 Å². The number of hydrogen-bond donors (Lipinski definition) is 1. The van der Waals surface area contributed by atoms with Gasteiger partial charge in [0.05, 0.1) is 5.60 Å². The van der Waals surface area contributed by atoms with E-state index in [0.717, 1.165) is 23.0 Å². The fourth-order valence-corrected chi connectivity index (χ4v) is 4.48.